The van der Waals surface area contributed by atoms with Crippen molar-refractivity contribution >= 4 is 35.1 Å². The summed E-state index contributed by atoms with van der Waals surface area (Å²) in [4.78, 5) is 34.8. The molecular weight excluding hydrogens is 346 g/mol. The Bertz CT molecular complexity index is 619. The molecule has 25 heavy (non-hydrogen) atoms. The van der Waals surface area contributed by atoms with E-state index in [0.29, 0.717) is 17.9 Å². The Kier molecular flexibility index (Phi) is 8.94. The highest BCUT2D eigenvalue weighted by molar-refractivity contribution is 7.80. The number of methoxy groups -OCH3 is 1. The molecule has 0 bridgehead atoms. The highest BCUT2D eigenvalue weighted by Crippen LogP contribution is 2.10. The van der Waals surface area contributed by atoms with Crippen LogP contribution in [0.25, 0.3) is 0 Å². The lowest BCUT2D eigenvalue weighted by molar-refractivity contribution is -0.144. The van der Waals surface area contributed by atoms with Crippen molar-refractivity contribution in [1.82, 2.24) is 16.2 Å². The molecule has 0 radical (unpaired) electrons. The molecule has 0 saturated carbocycles. The first-order valence-electron chi connectivity index (χ1n) is 7.66. The zero-order valence-electron chi connectivity index (χ0n) is 14.1. The Morgan fingerprint density at radius 1 is 1.08 bits per heavy atom. The van der Waals surface area contributed by atoms with Crippen molar-refractivity contribution in [3.63, 3.8) is 0 Å². The van der Waals surface area contributed by atoms with Gasteiger partial charge in [-0.15, -0.1) is 0 Å². The number of carbonyl (C=O) groups excluding carboxylic acids is 3. The standard InChI is InChI=1S/C16H21N3O5S/c1-3-10-24-14(21)9-8-13(20)17-16(25)19-18-15(22)11-4-6-12(23-2)7-5-11/h4-7H,3,8-10H2,1-2H3,(H,18,22)(H2,17,19,20,25). The third-order valence-corrected chi connectivity index (χ3v) is 3.12. The molecule has 0 aliphatic rings. The Balaban J connectivity index is 2.30. The molecule has 2 amide bonds. The van der Waals surface area contributed by atoms with Gasteiger partial charge in [0.25, 0.3) is 5.91 Å². The predicted molar refractivity (Wildman–Crippen MR) is 94.8 cm³/mol. The van der Waals surface area contributed by atoms with E-state index < -0.39 is 17.8 Å². The van der Waals surface area contributed by atoms with Crippen molar-refractivity contribution in [2.75, 3.05) is 13.7 Å². The van der Waals surface area contributed by atoms with Crippen molar-refractivity contribution in [2.45, 2.75) is 26.2 Å². The number of hydrogen-bond acceptors (Lipinski definition) is 6. The van der Waals surface area contributed by atoms with Gasteiger partial charge in [-0.05, 0) is 42.9 Å². The quantitative estimate of drug-likeness (QED) is 0.376. The number of amides is 2. The normalized spacial score (nSPS) is 9.68. The van der Waals surface area contributed by atoms with E-state index in [-0.39, 0.29) is 18.0 Å². The van der Waals surface area contributed by atoms with Crippen LogP contribution in [0.4, 0.5) is 0 Å². The van der Waals surface area contributed by atoms with Gasteiger partial charge in [-0.2, -0.15) is 0 Å². The Hall–Kier alpha value is -2.68. The van der Waals surface area contributed by atoms with Gasteiger partial charge in [-0.25, -0.2) is 0 Å². The van der Waals surface area contributed by atoms with Gasteiger partial charge in [0, 0.05) is 12.0 Å². The van der Waals surface area contributed by atoms with Crippen LogP contribution < -0.4 is 20.9 Å². The Morgan fingerprint density at radius 2 is 1.76 bits per heavy atom. The number of hydrogen-bond donors (Lipinski definition) is 3. The number of hydrazine groups is 1. The van der Waals surface area contributed by atoms with Crippen LogP contribution >= 0.6 is 12.2 Å². The molecule has 0 aromatic heterocycles. The zero-order chi connectivity index (χ0) is 18.7. The molecule has 3 N–H and O–H groups in total. The predicted octanol–water partition coefficient (Wildman–Crippen LogP) is 1.06. The van der Waals surface area contributed by atoms with Crippen LogP contribution in [-0.4, -0.2) is 36.6 Å². The third kappa shape index (κ3) is 8.11. The van der Waals surface area contributed by atoms with E-state index in [1.807, 2.05) is 6.92 Å². The van der Waals surface area contributed by atoms with E-state index in [1.54, 1.807) is 24.3 Å². The van der Waals surface area contributed by atoms with Gasteiger partial charge >= 0.3 is 5.97 Å². The molecular formula is C16H21N3O5S. The summed E-state index contributed by atoms with van der Waals surface area (Å²) in [6, 6.07) is 6.46. The molecule has 0 saturated heterocycles. The first-order chi connectivity index (χ1) is 12.0. The number of benzene rings is 1. The fraction of sp³-hybridized carbons (Fsp3) is 0.375. The lowest BCUT2D eigenvalue weighted by Crippen LogP contribution is -2.48. The van der Waals surface area contributed by atoms with Crippen LogP contribution in [0.3, 0.4) is 0 Å². The van der Waals surface area contributed by atoms with E-state index >= 15 is 0 Å². The average molecular weight is 367 g/mol. The molecule has 0 unspecified atom stereocenters. The maximum Gasteiger partial charge on any atom is 0.306 e. The molecule has 0 atom stereocenters. The molecule has 8 nitrogen and oxygen atoms in total. The Morgan fingerprint density at radius 3 is 2.36 bits per heavy atom. The van der Waals surface area contributed by atoms with Crippen LogP contribution in [0, 0.1) is 0 Å². The van der Waals surface area contributed by atoms with Crippen LogP contribution in [0.5, 0.6) is 5.75 Å². The van der Waals surface area contributed by atoms with Crippen molar-refractivity contribution in [1.29, 1.82) is 0 Å². The smallest absolute Gasteiger partial charge is 0.306 e. The summed E-state index contributed by atoms with van der Waals surface area (Å²) in [5.41, 5.74) is 5.16. The maximum absolute atomic E-state index is 11.9. The summed E-state index contributed by atoms with van der Waals surface area (Å²) in [5.74, 6) is -0.694. The van der Waals surface area contributed by atoms with E-state index in [0.717, 1.165) is 6.42 Å². The molecule has 1 rings (SSSR count). The monoisotopic (exact) mass is 367 g/mol. The molecule has 136 valence electrons. The third-order valence-electron chi connectivity index (χ3n) is 2.92. The fourth-order valence-electron chi connectivity index (χ4n) is 1.65. The molecule has 0 aliphatic heterocycles. The molecule has 0 aliphatic carbocycles. The summed E-state index contributed by atoms with van der Waals surface area (Å²) in [6.45, 7) is 2.21. The number of rotatable bonds is 7. The summed E-state index contributed by atoms with van der Waals surface area (Å²) in [6.07, 6.45) is 0.628. The van der Waals surface area contributed by atoms with Gasteiger partial charge in [0.05, 0.1) is 20.1 Å². The number of esters is 1. The molecule has 1 aromatic rings. The number of carbonyl (C=O) groups is 3. The number of ether oxygens (including phenoxy) is 2. The summed E-state index contributed by atoms with van der Waals surface area (Å²) in [5, 5.41) is 2.28. The largest absolute Gasteiger partial charge is 0.497 e. The second-order valence-electron chi connectivity index (χ2n) is 4.91. The van der Waals surface area contributed by atoms with E-state index in [1.165, 1.54) is 7.11 Å². The lowest BCUT2D eigenvalue weighted by atomic mass is 10.2. The number of thiocarbonyl (C=S) groups is 1. The van der Waals surface area contributed by atoms with Crippen molar-refractivity contribution in [3.8, 4) is 5.75 Å². The summed E-state index contributed by atoms with van der Waals surface area (Å²) >= 11 is 4.89. The molecule has 1 aromatic carbocycles. The van der Waals surface area contributed by atoms with Crippen molar-refractivity contribution in [3.05, 3.63) is 29.8 Å². The van der Waals surface area contributed by atoms with E-state index in [2.05, 4.69) is 16.2 Å². The van der Waals surface area contributed by atoms with Gasteiger partial charge in [0.1, 0.15) is 5.75 Å². The van der Waals surface area contributed by atoms with Crippen LogP contribution in [0.2, 0.25) is 0 Å². The minimum atomic E-state index is -0.454. The Labute approximate surface area is 151 Å². The lowest BCUT2D eigenvalue weighted by Gasteiger charge is -2.11. The topological polar surface area (TPSA) is 106 Å². The van der Waals surface area contributed by atoms with Crippen molar-refractivity contribution in [2.24, 2.45) is 0 Å². The highest BCUT2D eigenvalue weighted by atomic mass is 32.1. The van der Waals surface area contributed by atoms with Crippen LogP contribution in [-0.2, 0) is 14.3 Å². The van der Waals surface area contributed by atoms with Gasteiger partial charge in [0.15, 0.2) is 5.11 Å². The average Bonchev–Trinajstić information content (AvgIpc) is 2.62. The SMILES string of the molecule is CCCOC(=O)CCC(=O)NC(=S)NNC(=O)c1ccc(OC)cc1. The van der Waals surface area contributed by atoms with Gasteiger partial charge in [0.2, 0.25) is 5.91 Å². The number of nitrogens with one attached hydrogen (secondary N) is 3. The first-order valence-corrected chi connectivity index (χ1v) is 8.07. The second-order valence-corrected chi connectivity index (χ2v) is 5.31. The minimum Gasteiger partial charge on any atom is -0.497 e. The highest BCUT2D eigenvalue weighted by Gasteiger charge is 2.10. The van der Waals surface area contributed by atoms with Gasteiger partial charge in [-0.3, -0.25) is 25.2 Å². The molecule has 0 heterocycles. The van der Waals surface area contributed by atoms with Gasteiger partial charge < -0.3 is 14.8 Å². The second kappa shape index (κ2) is 11.0. The van der Waals surface area contributed by atoms with Gasteiger partial charge in [-0.1, -0.05) is 6.92 Å². The summed E-state index contributed by atoms with van der Waals surface area (Å²) < 4.78 is 9.86. The first kappa shape index (κ1) is 20.4. The van der Waals surface area contributed by atoms with E-state index in [9.17, 15) is 14.4 Å². The maximum atomic E-state index is 11.9. The molecule has 0 fully saturated rings. The zero-order valence-corrected chi connectivity index (χ0v) is 14.9. The van der Waals surface area contributed by atoms with Crippen LogP contribution in [0.1, 0.15) is 36.5 Å². The van der Waals surface area contributed by atoms with Crippen molar-refractivity contribution < 1.29 is 23.9 Å². The fourth-order valence-corrected chi connectivity index (χ4v) is 1.82. The van der Waals surface area contributed by atoms with Crippen LogP contribution in [0.15, 0.2) is 24.3 Å². The van der Waals surface area contributed by atoms with E-state index in [4.69, 9.17) is 21.7 Å². The molecule has 0 spiro atoms. The molecule has 9 heteroatoms. The minimum absolute atomic E-state index is 0.0351. The summed E-state index contributed by atoms with van der Waals surface area (Å²) in [7, 11) is 1.53.